The number of carbonyl (C=O) groups is 2. The highest BCUT2D eigenvalue weighted by molar-refractivity contribution is 9.10. The first-order valence-corrected chi connectivity index (χ1v) is 10.1. The van der Waals surface area contributed by atoms with Crippen molar-refractivity contribution in [3.63, 3.8) is 0 Å². The first-order valence-electron chi connectivity index (χ1n) is 9.36. The van der Waals surface area contributed by atoms with E-state index in [1.54, 1.807) is 43.3 Å². The topological polar surface area (TPSA) is 106 Å². The molecule has 1 heterocycles. The highest BCUT2D eigenvalue weighted by Crippen LogP contribution is 2.18. The Bertz CT molecular complexity index is 1000. The van der Waals surface area contributed by atoms with Gasteiger partial charge in [0.1, 0.15) is 5.75 Å². The predicted molar refractivity (Wildman–Crippen MR) is 114 cm³/mol. The van der Waals surface area contributed by atoms with Crippen LogP contribution in [0.5, 0.6) is 5.75 Å². The Kier molecular flexibility index (Phi) is 7.56. The van der Waals surface area contributed by atoms with Crippen LogP contribution in [0, 0.1) is 6.92 Å². The van der Waals surface area contributed by atoms with Gasteiger partial charge in [0.05, 0.1) is 5.56 Å². The quantitative estimate of drug-likeness (QED) is 0.461. The highest BCUT2D eigenvalue weighted by atomic mass is 79.9. The van der Waals surface area contributed by atoms with Crippen molar-refractivity contribution in [3.05, 3.63) is 70.3 Å². The Morgan fingerprint density at radius 3 is 2.63 bits per heavy atom. The average Bonchev–Trinajstić information content (AvgIpc) is 3.16. The molecular formula is C21H21BrN4O4. The highest BCUT2D eigenvalue weighted by Gasteiger charge is 2.13. The molecule has 156 valence electrons. The summed E-state index contributed by atoms with van der Waals surface area (Å²) in [5.41, 5.74) is 1.02. The van der Waals surface area contributed by atoms with E-state index in [4.69, 9.17) is 9.26 Å². The molecular weight excluding hydrogens is 452 g/mol. The number of halogens is 1. The Labute approximate surface area is 182 Å². The Morgan fingerprint density at radius 2 is 1.90 bits per heavy atom. The van der Waals surface area contributed by atoms with Crippen molar-refractivity contribution in [1.82, 2.24) is 15.5 Å². The van der Waals surface area contributed by atoms with Crippen molar-refractivity contribution < 1.29 is 18.8 Å². The van der Waals surface area contributed by atoms with Crippen molar-refractivity contribution >= 4 is 33.4 Å². The molecule has 30 heavy (non-hydrogen) atoms. The second-order valence-electron chi connectivity index (χ2n) is 6.43. The summed E-state index contributed by atoms with van der Waals surface area (Å²) in [5, 5.41) is 9.31. The zero-order valence-corrected chi connectivity index (χ0v) is 17.9. The maximum Gasteiger partial charge on any atom is 0.262 e. The van der Waals surface area contributed by atoms with Gasteiger partial charge in [-0.2, -0.15) is 4.98 Å². The molecule has 3 rings (SSSR count). The molecule has 0 unspecified atom stereocenters. The number of para-hydroxylation sites is 1. The van der Waals surface area contributed by atoms with Gasteiger partial charge in [0.2, 0.25) is 5.89 Å². The number of anilines is 1. The summed E-state index contributed by atoms with van der Waals surface area (Å²) in [7, 11) is 0. The first-order chi connectivity index (χ1) is 14.5. The molecule has 0 radical (unpaired) electrons. The largest absolute Gasteiger partial charge is 0.483 e. The monoisotopic (exact) mass is 472 g/mol. The van der Waals surface area contributed by atoms with Crippen LogP contribution in [0.25, 0.3) is 0 Å². The van der Waals surface area contributed by atoms with Gasteiger partial charge in [-0.1, -0.05) is 33.2 Å². The summed E-state index contributed by atoms with van der Waals surface area (Å²) in [4.78, 5) is 28.8. The number of rotatable bonds is 9. The Hall–Kier alpha value is -3.20. The lowest BCUT2D eigenvalue weighted by Crippen LogP contribution is -2.26. The van der Waals surface area contributed by atoms with Crippen LogP contribution >= 0.6 is 15.9 Å². The van der Waals surface area contributed by atoms with Gasteiger partial charge in [-0.3, -0.25) is 9.59 Å². The molecule has 0 aliphatic carbocycles. The molecule has 1 aromatic heterocycles. The minimum atomic E-state index is -0.317. The molecule has 0 aliphatic heterocycles. The molecule has 3 aromatic rings. The standard InChI is InChI=1S/C21H21BrN4O4/c1-14-24-20(30-26-14)7-4-12-23-21(28)17-5-2-3-6-18(17)29-13-19(27)25-16-10-8-15(22)9-11-16/h2-3,5-6,8-11H,4,7,12-13H2,1H3,(H,23,28)(H,25,27). The number of nitrogens with one attached hydrogen (secondary N) is 2. The fraction of sp³-hybridized carbons (Fsp3) is 0.238. The average molecular weight is 473 g/mol. The maximum atomic E-state index is 12.5. The molecule has 2 N–H and O–H groups in total. The van der Waals surface area contributed by atoms with Crippen LogP contribution in [0.4, 0.5) is 5.69 Å². The van der Waals surface area contributed by atoms with E-state index < -0.39 is 0 Å². The summed E-state index contributed by atoms with van der Waals surface area (Å²) < 4.78 is 11.5. The Balaban J connectivity index is 1.48. The Morgan fingerprint density at radius 1 is 1.13 bits per heavy atom. The van der Waals surface area contributed by atoms with Crippen molar-refractivity contribution in [2.75, 3.05) is 18.5 Å². The lowest BCUT2D eigenvalue weighted by molar-refractivity contribution is -0.118. The minimum absolute atomic E-state index is 0.211. The van der Waals surface area contributed by atoms with E-state index in [1.807, 2.05) is 12.1 Å². The van der Waals surface area contributed by atoms with Crippen molar-refractivity contribution in [3.8, 4) is 5.75 Å². The van der Waals surface area contributed by atoms with E-state index in [9.17, 15) is 9.59 Å². The molecule has 9 heteroatoms. The maximum absolute atomic E-state index is 12.5. The van der Waals surface area contributed by atoms with Crippen molar-refractivity contribution in [2.45, 2.75) is 19.8 Å². The van der Waals surface area contributed by atoms with Crippen LogP contribution in [0.2, 0.25) is 0 Å². The number of aromatic nitrogens is 2. The molecule has 0 atom stereocenters. The van der Waals surface area contributed by atoms with E-state index in [2.05, 4.69) is 36.7 Å². The summed E-state index contributed by atoms with van der Waals surface area (Å²) in [6.45, 7) is 1.99. The third-order valence-electron chi connectivity index (χ3n) is 4.04. The number of hydrogen-bond donors (Lipinski definition) is 2. The van der Waals surface area contributed by atoms with Gasteiger partial charge in [0.15, 0.2) is 12.4 Å². The lowest BCUT2D eigenvalue weighted by atomic mass is 10.2. The molecule has 0 spiro atoms. The lowest BCUT2D eigenvalue weighted by Gasteiger charge is -2.12. The normalized spacial score (nSPS) is 10.5. The van der Waals surface area contributed by atoms with Crippen LogP contribution in [-0.4, -0.2) is 35.1 Å². The third-order valence-corrected chi connectivity index (χ3v) is 4.57. The van der Waals surface area contributed by atoms with Gasteiger partial charge in [0, 0.05) is 23.1 Å². The van der Waals surface area contributed by atoms with Crippen LogP contribution in [0.1, 0.15) is 28.5 Å². The molecule has 2 amide bonds. The summed E-state index contributed by atoms with van der Waals surface area (Å²) in [5.74, 6) is 0.878. The van der Waals surface area contributed by atoms with Crippen LogP contribution in [0.15, 0.2) is 57.5 Å². The van der Waals surface area contributed by atoms with Gasteiger partial charge in [-0.25, -0.2) is 0 Å². The SMILES string of the molecule is Cc1noc(CCCNC(=O)c2ccccc2OCC(=O)Nc2ccc(Br)cc2)n1. The number of aryl methyl sites for hydroxylation is 2. The van der Waals surface area contributed by atoms with Crippen molar-refractivity contribution in [2.24, 2.45) is 0 Å². The number of amides is 2. The molecule has 8 nitrogen and oxygen atoms in total. The van der Waals surface area contributed by atoms with E-state index >= 15 is 0 Å². The molecule has 0 bridgehead atoms. The number of benzene rings is 2. The number of carbonyl (C=O) groups excluding carboxylic acids is 2. The van der Waals surface area contributed by atoms with Crippen molar-refractivity contribution in [1.29, 1.82) is 0 Å². The second-order valence-corrected chi connectivity index (χ2v) is 7.35. The first kappa shape index (κ1) is 21.5. The van der Waals surface area contributed by atoms with Gasteiger partial charge >= 0.3 is 0 Å². The van der Waals surface area contributed by atoms with E-state index in [0.29, 0.717) is 48.1 Å². The van der Waals surface area contributed by atoms with E-state index in [1.165, 1.54) is 0 Å². The van der Waals surface area contributed by atoms with Crippen LogP contribution < -0.4 is 15.4 Å². The predicted octanol–water partition coefficient (Wildman–Crippen LogP) is 3.52. The molecule has 2 aromatic carbocycles. The molecule has 0 fully saturated rings. The number of nitrogens with zero attached hydrogens (tertiary/aromatic N) is 2. The molecule has 0 saturated carbocycles. The third kappa shape index (κ3) is 6.41. The number of hydrogen-bond acceptors (Lipinski definition) is 6. The van der Waals surface area contributed by atoms with Crippen LogP contribution in [0.3, 0.4) is 0 Å². The molecule has 0 saturated heterocycles. The van der Waals surface area contributed by atoms with E-state index in [0.717, 1.165) is 4.47 Å². The summed E-state index contributed by atoms with van der Waals surface area (Å²) in [6, 6.07) is 14.0. The number of ether oxygens (including phenoxy) is 1. The zero-order valence-electron chi connectivity index (χ0n) is 16.4. The van der Waals surface area contributed by atoms with Gasteiger partial charge in [-0.05, 0) is 49.7 Å². The van der Waals surface area contributed by atoms with Gasteiger partial charge in [-0.15, -0.1) is 0 Å². The zero-order chi connectivity index (χ0) is 21.3. The second kappa shape index (κ2) is 10.5. The van der Waals surface area contributed by atoms with Gasteiger partial charge < -0.3 is 19.9 Å². The fourth-order valence-electron chi connectivity index (χ4n) is 2.63. The fourth-order valence-corrected chi connectivity index (χ4v) is 2.90. The minimum Gasteiger partial charge on any atom is -0.483 e. The van der Waals surface area contributed by atoms with Gasteiger partial charge in [0.25, 0.3) is 11.8 Å². The van der Waals surface area contributed by atoms with Crippen LogP contribution in [-0.2, 0) is 11.2 Å². The van der Waals surface area contributed by atoms with E-state index in [-0.39, 0.29) is 18.4 Å². The summed E-state index contributed by atoms with van der Waals surface area (Å²) >= 11 is 3.34. The smallest absolute Gasteiger partial charge is 0.262 e. The summed E-state index contributed by atoms with van der Waals surface area (Å²) in [6.07, 6.45) is 1.24. The molecule has 0 aliphatic rings.